The number of benzene rings is 2. The minimum absolute atomic E-state index is 0.0779. The van der Waals surface area contributed by atoms with Crippen molar-refractivity contribution >= 4 is 23.0 Å². The fourth-order valence-electron chi connectivity index (χ4n) is 3.76. The van der Waals surface area contributed by atoms with Crippen LogP contribution in [0.4, 0.5) is 17.1 Å². The molecule has 158 valence electrons. The Labute approximate surface area is 174 Å². The van der Waals surface area contributed by atoms with Crippen molar-refractivity contribution in [1.82, 2.24) is 4.90 Å². The third-order valence-electron chi connectivity index (χ3n) is 5.51. The number of hydrogen-bond donors (Lipinski definition) is 1. The van der Waals surface area contributed by atoms with Gasteiger partial charge in [-0.25, -0.2) is 0 Å². The molecule has 0 saturated carbocycles. The fourth-order valence-corrected chi connectivity index (χ4v) is 3.76. The number of piperazine rings is 1. The molecule has 0 unspecified atom stereocenters. The quantitative estimate of drug-likeness (QED) is 0.575. The summed E-state index contributed by atoms with van der Waals surface area (Å²) in [6, 6.07) is 12.3. The van der Waals surface area contributed by atoms with Gasteiger partial charge in [0.25, 0.3) is 11.6 Å². The molecule has 2 heterocycles. The molecule has 0 aromatic heterocycles. The lowest BCUT2D eigenvalue weighted by atomic mass is 10.1. The van der Waals surface area contributed by atoms with E-state index in [0.29, 0.717) is 17.9 Å². The number of anilines is 2. The lowest BCUT2D eigenvalue weighted by Crippen LogP contribution is -2.48. The van der Waals surface area contributed by atoms with Gasteiger partial charge in [-0.3, -0.25) is 19.8 Å². The maximum absolute atomic E-state index is 12.4. The van der Waals surface area contributed by atoms with E-state index in [1.807, 2.05) is 12.1 Å². The monoisotopic (exact) mass is 412 g/mol. The number of nitrogens with one attached hydrogen (secondary N) is 1. The number of rotatable bonds is 6. The molecule has 1 saturated heterocycles. The van der Waals surface area contributed by atoms with Gasteiger partial charge in [-0.05, 0) is 30.3 Å². The molecule has 2 aromatic rings. The first kappa shape index (κ1) is 20.0. The average molecular weight is 412 g/mol. The number of carbonyl (C=O) groups excluding carboxylic acids is 1. The Bertz CT molecular complexity index is 925. The van der Waals surface area contributed by atoms with Crippen molar-refractivity contribution in [3.63, 3.8) is 0 Å². The van der Waals surface area contributed by atoms with Crippen molar-refractivity contribution in [3.8, 4) is 11.5 Å². The van der Waals surface area contributed by atoms with E-state index in [4.69, 9.17) is 9.47 Å². The first-order valence-corrected chi connectivity index (χ1v) is 9.91. The standard InChI is InChI=1S/C21H24N4O5/c1-29-17-5-2-15(3-6-17)24-12-10-23(11-13-24)9-8-20-21(26)22-18-14-16(25(27)28)4-7-19(18)30-20/h2-7,14,20H,8-13H2,1H3,(H,22,26)/t20-/m1/s1. The van der Waals surface area contributed by atoms with Gasteiger partial charge in [0.05, 0.1) is 17.7 Å². The van der Waals surface area contributed by atoms with E-state index in [-0.39, 0.29) is 11.6 Å². The normalized spacial score (nSPS) is 18.9. The zero-order valence-electron chi connectivity index (χ0n) is 16.7. The average Bonchev–Trinajstić information content (AvgIpc) is 2.77. The topological polar surface area (TPSA) is 97.2 Å². The SMILES string of the molecule is COc1ccc(N2CCN(CC[C@H]3Oc4ccc([N+](=O)[O-])cc4NC3=O)CC2)cc1. The van der Waals surface area contributed by atoms with E-state index in [9.17, 15) is 14.9 Å². The molecule has 2 aliphatic rings. The second-order valence-corrected chi connectivity index (χ2v) is 7.35. The molecule has 0 bridgehead atoms. The number of nitro groups is 1. The van der Waals surface area contributed by atoms with Crippen LogP contribution in [-0.4, -0.2) is 61.7 Å². The number of non-ortho nitro benzene ring substituents is 1. The number of ether oxygens (including phenoxy) is 2. The summed E-state index contributed by atoms with van der Waals surface area (Å²) in [6.45, 7) is 4.39. The van der Waals surface area contributed by atoms with Crippen LogP contribution in [-0.2, 0) is 4.79 Å². The lowest BCUT2D eigenvalue weighted by molar-refractivity contribution is -0.384. The van der Waals surface area contributed by atoms with Crippen LogP contribution in [0.15, 0.2) is 42.5 Å². The second kappa shape index (κ2) is 8.58. The predicted molar refractivity (Wildman–Crippen MR) is 112 cm³/mol. The number of carbonyl (C=O) groups is 1. The van der Waals surface area contributed by atoms with Crippen molar-refractivity contribution in [2.45, 2.75) is 12.5 Å². The van der Waals surface area contributed by atoms with Gasteiger partial charge in [0.1, 0.15) is 11.5 Å². The second-order valence-electron chi connectivity index (χ2n) is 7.35. The van der Waals surface area contributed by atoms with Gasteiger partial charge in [-0.15, -0.1) is 0 Å². The Morgan fingerprint density at radius 1 is 1.17 bits per heavy atom. The number of methoxy groups -OCH3 is 1. The van der Waals surface area contributed by atoms with Crippen LogP contribution in [0.25, 0.3) is 0 Å². The summed E-state index contributed by atoms with van der Waals surface area (Å²) in [4.78, 5) is 27.4. The van der Waals surface area contributed by atoms with E-state index in [0.717, 1.165) is 38.5 Å². The van der Waals surface area contributed by atoms with Gasteiger partial charge in [0.2, 0.25) is 0 Å². The molecule has 1 N–H and O–H groups in total. The molecule has 9 heteroatoms. The number of nitro benzene ring substituents is 1. The third kappa shape index (κ3) is 4.30. The molecule has 4 rings (SSSR count). The summed E-state index contributed by atoms with van der Waals surface area (Å²) in [5.41, 5.74) is 1.44. The van der Waals surface area contributed by atoms with Gasteiger partial charge >= 0.3 is 0 Å². The molecular formula is C21H24N4O5. The van der Waals surface area contributed by atoms with Crippen LogP contribution in [0, 0.1) is 10.1 Å². The Balaban J connectivity index is 1.28. The van der Waals surface area contributed by atoms with Crippen LogP contribution in [0.1, 0.15) is 6.42 Å². The Kier molecular flexibility index (Phi) is 5.71. The summed E-state index contributed by atoms with van der Waals surface area (Å²) >= 11 is 0. The van der Waals surface area contributed by atoms with E-state index in [1.54, 1.807) is 7.11 Å². The number of fused-ring (bicyclic) bond motifs is 1. The third-order valence-corrected chi connectivity index (χ3v) is 5.51. The highest BCUT2D eigenvalue weighted by molar-refractivity contribution is 5.98. The van der Waals surface area contributed by atoms with E-state index < -0.39 is 11.0 Å². The Hall–Kier alpha value is -3.33. The molecule has 30 heavy (non-hydrogen) atoms. The molecule has 1 fully saturated rings. The van der Waals surface area contributed by atoms with Crippen molar-refractivity contribution < 1.29 is 19.2 Å². The minimum Gasteiger partial charge on any atom is -0.497 e. The van der Waals surface area contributed by atoms with Crippen molar-refractivity contribution in [3.05, 3.63) is 52.6 Å². The van der Waals surface area contributed by atoms with Crippen molar-refractivity contribution in [2.75, 3.05) is 50.1 Å². The summed E-state index contributed by atoms with van der Waals surface area (Å²) < 4.78 is 11.0. The molecular weight excluding hydrogens is 388 g/mol. The van der Waals surface area contributed by atoms with Gasteiger partial charge in [-0.1, -0.05) is 0 Å². The van der Waals surface area contributed by atoms with E-state index >= 15 is 0 Å². The number of nitrogens with zero attached hydrogens (tertiary/aromatic N) is 3. The first-order chi connectivity index (χ1) is 14.5. The van der Waals surface area contributed by atoms with Gasteiger partial charge in [0, 0.05) is 57.0 Å². The summed E-state index contributed by atoms with van der Waals surface area (Å²) in [7, 11) is 1.66. The van der Waals surface area contributed by atoms with Crippen LogP contribution in [0.5, 0.6) is 11.5 Å². The highest BCUT2D eigenvalue weighted by Crippen LogP contribution is 2.33. The molecule has 0 aliphatic carbocycles. The zero-order valence-corrected chi connectivity index (χ0v) is 16.7. The van der Waals surface area contributed by atoms with Gasteiger partial charge in [0.15, 0.2) is 6.10 Å². The van der Waals surface area contributed by atoms with Crippen LogP contribution in [0.3, 0.4) is 0 Å². The minimum atomic E-state index is -0.599. The smallest absolute Gasteiger partial charge is 0.271 e. The molecule has 1 atom stereocenters. The molecule has 9 nitrogen and oxygen atoms in total. The molecule has 0 spiro atoms. The summed E-state index contributed by atoms with van der Waals surface area (Å²) in [5.74, 6) is 1.05. The highest BCUT2D eigenvalue weighted by atomic mass is 16.6. The van der Waals surface area contributed by atoms with Crippen LogP contribution < -0.4 is 19.7 Å². The maximum Gasteiger partial charge on any atom is 0.271 e. The van der Waals surface area contributed by atoms with Crippen LogP contribution >= 0.6 is 0 Å². The molecule has 0 radical (unpaired) electrons. The van der Waals surface area contributed by atoms with E-state index in [1.165, 1.54) is 23.9 Å². The van der Waals surface area contributed by atoms with Gasteiger partial charge < -0.3 is 19.7 Å². The number of amides is 1. The number of hydrogen-bond acceptors (Lipinski definition) is 7. The molecule has 2 aromatic carbocycles. The highest BCUT2D eigenvalue weighted by Gasteiger charge is 2.29. The largest absolute Gasteiger partial charge is 0.497 e. The van der Waals surface area contributed by atoms with Crippen LogP contribution in [0.2, 0.25) is 0 Å². The summed E-state index contributed by atoms with van der Waals surface area (Å²) in [6.07, 6.45) is -0.0382. The van der Waals surface area contributed by atoms with Crippen molar-refractivity contribution in [1.29, 1.82) is 0 Å². The molecule has 1 amide bonds. The van der Waals surface area contributed by atoms with E-state index in [2.05, 4.69) is 27.2 Å². The Morgan fingerprint density at radius 2 is 1.90 bits per heavy atom. The molecule has 2 aliphatic heterocycles. The van der Waals surface area contributed by atoms with Gasteiger partial charge in [-0.2, -0.15) is 0 Å². The lowest BCUT2D eigenvalue weighted by Gasteiger charge is -2.37. The summed E-state index contributed by atoms with van der Waals surface area (Å²) in [5, 5.41) is 13.6. The fraction of sp³-hybridized carbons (Fsp3) is 0.381. The zero-order chi connectivity index (χ0) is 21.1. The first-order valence-electron chi connectivity index (χ1n) is 9.91. The maximum atomic E-state index is 12.4. The predicted octanol–water partition coefficient (Wildman–Crippen LogP) is 2.52. The Morgan fingerprint density at radius 3 is 2.57 bits per heavy atom. The van der Waals surface area contributed by atoms with Crippen molar-refractivity contribution in [2.24, 2.45) is 0 Å².